The highest BCUT2D eigenvalue weighted by molar-refractivity contribution is 7.12. The average Bonchev–Trinajstić information content (AvgIpc) is 3.40. The molecule has 3 heterocycles. The molecule has 0 aliphatic carbocycles. The second-order valence-corrected chi connectivity index (χ2v) is 7.73. The van der Waals surface area contributed by atoms with Gasteiger partial charge in [0.05, 0.1) is 4.88 Å². The fraction of sp³-hybridized carbons (Fsp3) is 0.286. The van der Waals surface area contributed by atoms with Crippen LogP contribution in [0.2, 0.25) is 0 Å². The van der Waals surface area contributed by atoms with E-state index in [4.69, 9.17) is 9.15 Å². The van der Waals surface area contributed by atoms with Crippen molar-refractivity contribution in [3.05, 3.63) is 58.0 Å². The minimum atomic E-state index is -0.654. The normalized spacial score (nSPS) is 14.2. The van der Waals surface area contributed by atoms with Gasteiger partial charge in [-0.2, -0.15) is 0 Å². The summed E-state index contributed by atoms with van der Waals surface area (Å²) in [5.41, 5.74) is 1.30. The highest BCUT2D eigenvalue weighted by Gasteiger charge is 2.26. The minimum absolute atomic E-state index is 0.0149. The molecule has 3 aromatic rings. The Balaban J connectivity index is 1.30. The van der Waals surface area contributed by atoms with E-state index in [0.717, 1.165) is 5.39 Å². The topological polar surface area (TPSA) is 80.1 Å². The lowest BCUT2D eigenvalue weighted by Crippen LogP contribution is -2.51. The average molecular weight is 412 g/mol. The van der Waals surface area contributed by atoms with Gasteiger partial charge in [0.25, 0.3) is 11.8 Å². The Bertz CT molecular complexity index is 1050. The van der Waals surface area contributed by atoms with E-state index in [1.165, 1.54) is 11.3 Å². The van der Waals surface area contributed by atoms with E-state index < -0.39 is 5.97 Å². The first-order valence-corrected chi connectivity index (χ1v) is 10.2. The Morgan fingerprint density at radius 2 is 1.76 bits per heavy atom. The van der Waals surface area contributed by atoms with E-state index in [1.54, 1.807) is 28.9 Å². The van der Waals surface area contributed by atoms with Crippen molar-refractivity contribution in [2.75, 3.05) is 32.8 Å². The van der Waals surface area contributed by atoms with E-state index >= 15 is 0 Å². The summed E-state index contributed by atoms with van der Waals surface area (Å²) in [6, 6.07) is 11.0. The Labute approximate surface area is 171 Å². The van der Waals surface area contributed by atoms with Gasteiger partial charge in [-0.1, -0.05) is 24.3 Å². The van der Waals surface area contributed by atoms with Gasteiger partial charge in [0.15, 0.2) is 6.61 Å². The molecule has 2 amide bonds. The zero-order chi connectivity index (χ0) is 20.4. The number of furan rings is 1. The highest BCUT2D eigenvalue weighted by atomic mass is 32.1. The number of ether oxygens (including phenoxy) is 1. The molecule has 1 aliphatic rings. The van der Waals surface area contributed by atoms with Crippen molar-refractivity contribution in [1.29, 1.82) is 0 Å². The van der Waals surface area contributed by atoms with Crippen LogP contribution in [0.4, 0.5) is 0 Å². The van der Waals surface area contributed by atoms with Gasteiger partial charge in [-0.05, 0) is 24.4 Å². The molecule has 1 aliphatic heterocycles. The summed E-state index contributed by atoms with van der Waals surface area (Å²) < 4.78 is 10.8. The fourth-order valence-corrected chi connectivity index (χ4v) is 4.06. The van der Waals surface area contributed by atoms with Gasteiger partial charge in [0.1, 0.15) is 5.58 Å². The summed E-state index contributed by atoms with van der Waals surface area (Å²) in [5, 5.41) is 2.71. The van der Waals surface area contributed by atoms with Crippen molar-refractivity contribution in [3.63, 3.8) is 0 Å². The first-order valence-electron chi connectivity index (χ1n) is 9.30. The maximum atomic E-state index is 12.4. The zero-order valence-corrected chi connectivity index (χ0v) is 16.7. The van der Waals surface area contributed by atoms with Gasteiger partial charge in [-0.25, -0.2) is 4.79 Å². The van der Waals surface area contributed by atoms with Crippen molar-refractivity contribution in [2.45, 2.75) is 6.92 Å². The van der Waals surface area contributed by atoms with E-state index in [2.05, 4.69) is 0 Å². The number of rotatable bonds is 4. The zero-order valence-electron chi connectivity index (χ0n) is 15.9. The maximum Gasteiger partial charge on any atom is 0.375 e. The Morgan fingerprint density at radius 3 is 2.45 bits per heavy atom. The molecule has 0 bridgehead atoms. The van der Waals surface area contributed by atoms with E-state index in [0.29, 0.717) is 42.2 Å². The Morgan fingerprint density at radius 1 is 1.03 bits per heavy atom. The van der Waals surface area contributed by atoms with Crippen LogP contribution in [0.1, 0.15) is 25.8 Å². The predicted octanol–water partition coefficient (Wildman–Crippen LogP) is 2.94. The number of benzene rings is 1. The molecule has 0 saturated carbocycles. The molecule has 150 valence electrons. The van der Waals surface area contributed by atoms with Crippen LogP contribution < -0.4 is 0 Å². The number of carbonyl (C=O) groups is 3. The molecule has 1 aromatic carbocycles. The van der Waals surface area contributed by atoms with Crippen molar-refractivity contribution in [2.24, 2.45) is 0 Å². The third-order valence-electron chi connectivity index (χ3n) is 5.01. The number of nitrogens with zero attached hydrogens (tertiary/aromatic N) is 2. The van der Waals surface area contributed by atoms with E-state index in [-0.39, 0.29) is 24.2 Å². The highest BCUT2D eigenvalue weighted by Crippen LogP contribution is 2.25. The van der Waals surface area contributed by atoms with Gasteiger partial charge in [0, 0.05) is 37.1 Å². The predicted molar refractivity (Wildman–Crippen MR) is 108 cm³/mol. The summed E-state index contributed by atoms with van der Waals surface area (Å²) in [5.74, 6) is -0.835. The van der Waals surface area contributed by atoms with Crippen LogP contribution >= 0.6 is 11.3 Å². The maximum absolute atomic E-state index is 12.4. The second kappa shape index (κ2) is 8.08. The molecule has 0 atom stereocenters. The molecule has 4 rings (SSSR count). The van der Waals surface area contributed by atoms with Gasteiger partial charge in [-0.3, -0.25) is 9.59 Å². The number of aryl methyl sites for hydroxylation is 1. The van der Waals surface area contributed by atoms with Crippen LogP contribution in [-0.4, -0.2) is 60.4 Å². The van der Waals surface area contributed by atoms with Crippen molar-refractivity contribution < 1.29 is 23.5 Å². The Hall–Kier alpha value is -3.13. The molecule has 0 spiro atoms. The van der Waals surface area contributed by atoms with Crippen molar-refractivity contribution in [3.8, 4) is 0 Å². The number of esters is 1. The molecule has 8 heteroatoms. The summed E-state index contributed by atoms with van der Waals surface area (Å²) in [6.07, 6.45) is 0. The van der Waals surface area contributed by atoms with Gasteiger partial charge < -0.3 is 19.0 Å². The van der Waals surface area contributed by atoms with Crippen LogP contribution in [0.3, 0.4) is 0 Å². The molecular formula is C21H20N2O5S. The smallest absolute Gasteiger partial charge is 0.375 e. The molecule has 0 unspecified atom stereocenters. The summed E-state index contributed by atoms with van der Waals surface area (Å²) >= 11 is 1.41. The minimum Gasteiger partial charge on any atom is -0.450 e. The third-order valence-corrected chi connectivity index (χ3v) is 5.87. The molecular weight excluding hydrogens is 392 g/mol. The third kappa shape index (κ3) is 3.88. The number of para-hydroxylation sites is 1. The molecule has 0 radical (unpaired) electrons. The standard InChI is InChI=1S/C21H20N2O5S/c1-14-15-5-2-3-6-16(15)28-19(14)21(26)27-13-18(24)22-8-10-23(11-9-22)20(25)17-7-4-12-29-17/h2-7,12H,8-11,13H2,1H3. The van der Waals surface area contributed by atoms with Crippen LogP contribution in [-0.2, 0) is 9.53 Å². The van der Waals surface area contributed by atoms with Crippen LogP contribution in [0.25, 0.3) is 11.0 Å². The SMILES string of the molecule is Cc1c(C(=O)OCC(=O)N2CCN(C(=O)c3cccs3)CC2)oc2ccccc12. The first-order chi connectivity index (χ1) is 14.0. The van der Waals surface area contributed by atoms with Gasteiger partial charge >= 0.3 is 5.97 Å². The quantitative estimate of drug-likeness (QED) is 0.616. The number of hydrogen-bond donors (Lipinski definition) is 0. The van der Waals surface area contributed by atoms with Gasteiger partial charge in [0.2, 0.25) is 5.76 Å². The van der Waals surface area contributed by atoms with E-state index in [1.807, 2.05) is 29.6 Å². The molecule has 1 saturated heterocycles. The first kappa shape index (κ1) is 19.2. The molecule has 1 fully saturated rings. The van der Waals surface area contributed by atoms with Crippen LogP contribution in [0.15, 0.2) is 46.2 Å². The lowest BCUT2D eigenvalue weighted by Gasteiger charge is -2.34. The monoisotopic (exact) mass is 412 g/mol. The van der Waals surface area contributed by atoms with Gasteiger partial charge in [-0.15, -0.1) is 11.3 Å². The number of amides is 2. The number of hydrogen-bond acceptors (Lipinski definition) is 6. The summed E-state index contributed by atoms with van der Waals surface area (Å²) in [4.78, 5) is 41.2. The lowest BCUT2D eigenvalue weighted by molar-refractivity contribution is -0.136. The van der Waals surface area contributed by atoms with Crippen molar-refractivity contribution in [1.82, 2.24) is 9.80 Å². The van der Waals surface area contributed by atoms with E-state index in [9.17, 15) is 14.4 Å². The number of carbonyl (C=O) groups excluding carboxylic acids is 3. The Kier molecular flexibility index (Phi) is 5.35. The molecule has 7 nitrogen and oxygen atoms in total. The van der Waals surface area contributed by atoms with Crippen LogP contribution in [0, 0.1) is 6.92 Å². The van der Waals surface area contributed by atoms with Crippen LogP contribution in [0.5, 0.6) is 0 Å². The number of thiophene rings is 1. The molecule has 0 N–H and O–H groups in total. The fourth-order valence-electron chi connectivity index (χ4n) is 3.37. The summed E-state index contributed by atoms with van der Waals surface area (Å²) in [6.45, 7) is 3.18. The van der Waals surface area contributed by atoms with Crippen molar-refractivity contribution >= 4 is 40.1 Å². The lowest BCUT2D eigenvalue weighted by atomic mass is 10.1. The number of piperazine rings is 1. The second-order valence-electron chi connectivity index (χ2n) is 6.78. The number of fused-ring (bicyclic) bond motifs is 1. The molecule has 2 aromatic heterocycles. The molecule has 29 heavy (non-hydrogen) atoms. The largest absolute Gasteiger partial charge is 0.450 e. The summed E-state index contributed by atoms with van der Waals surface area (Å²) in [7, 11) is 0.